The Kier molecular flexibility index (Phi) is 38.6. The molecule has 128 valence electrons. The van der Waals surface area contributed by atoms with Gasteiger partial charge in [0.05, 0.1) is 0 Å². The third-order valence-electron chi connectivity index (χ3n) is 3.71. The molecule has 0 saturated heterocycles. The second-order valence-corrected chi connectivity index (χ2v) is 5.60. The van der Waals surface area contributed by atoms with Crippen molar-refractivity contribution in [2.24, 2.45) is 0 Å². The zero-order valence-electron chi connectivity index (χ0n) is 12.6. The van der Waals surface area contributed by atoms with E-state index in [1.807, 2.05) is 0 Å². The third kappa shape index (κ3) is 26.5. The van der Waals surface area contributed by atoms with Gasteiger partial charge in [0.15, 0.2) is 0 Å². The zero-order chi connectivity index (χ0) is 12.6. The van der Waals surface area contributed by atoms with Crippen molar-refractivity contribution >= 4 is 0 Å². The van der Waals surface area contributed by atoms with E-state index in [4.69, 9.17) is 0 Å². The summed E-state index contributed by atoms with van der Waals surface area (Å²) in [5, 5.41) is 0. The van der Waals surface area contributed by atoms with Gasteiger partial charge >= 0.3 is 0 Å². The fourth-order valence-electron chi connectivity index (χ4n) is 2.44. The summed E-state index contributed by atoms with van der Waals surface area (Å²) in [6, 6.07) is 0. The van der Waals surface area contributed by atoms with Gasteiger partial charge in [-0.05, 0) is 0 Å². The van der Waals surface area contributed by atoms with Gasteiger partial charge in [0.2, 0.25) is 0 Å². The van der Waals surface area contributed by atoms with Crippen LogP contribution in [-0.4, -0.2) is 0 Å². The average Bonchev–Trinajstić information content (AvgIpc) is 2.35. The molecule has 0 nitrogen and oxygen atoms in total. The molecule has 0 fully saturated rings. The van der Waals surface area contributed by atoms with Gasteiger partial charge in [0, 0.05) is 0 Å². The molecule has 0 atom stereocenters. The summed E-state index contributed by atoms with van der Waals surface area (Å²) in [4.78, 5) is 0. The van der Waals surface area contributed by atoms with E-state index >= 15 is 0 Å². The second kappa shape index (κ2) is 27.4. The van der Waals surface area contributed by atoms with Crippen LogP contribution in [0.1, 0.15) is 132 Å². The minimum Gasteiger partial charge on any atom is -0.0776 e. The fourth-order valence-corrected chi connectivity index (χ4v) is 2.44. The summed E-state index contributed by atoms with van der Waals surface area (Å²) < 4.78 is 0. The molecule has 0 heteroatoms. The maximum absolute atomic E-state index is 2.29. The third-order valence-corrected chi connectivity index (χ3v) is 3.71. The average molecular weight is 289 g/mol. The largest absolute Gasteiger partial charge is 0.0776 e. The molecule has 0 rings (SSSR count). The Morgan fingerprint density at radius 1 is 0.300 bits per heavy atom. The predicted molar refractivity (Wildman–Crippen MR) is 101 cm³/mol. The Hall–Kier alpha value is 0. The molecule has 0 aromatic heterocycles. The normalized spacial score (nSPS) is 9.30. The van der Waals surface area contributed by atoms with Crippen molar-refractivity contribution in [2.45, 2.75) is 132 Å². The number of unbranched alkanes of at least 4 members (excludes halogenated alkanes) is 14. The van der Waals surface area contributed by atoms with Crippen LogP contribution < -0.4 is 0 Å². The van der Waals surface area contributed by atoms with Crippen LogP contribution in [-0.2, 0) is 0 Å². The highest BCUT2D eigenvalue weighted by atomic mass is 14.0. The zero-order valence-corrected chi connectivity index (χ0v) is 12.6. The maximum Gasteiger partial charge on any atom is -0.0533 e. The summed E-state index contributed by atoms with van der Waals surface area (Å²) in [5.41, 5.74) is 0. The lowest BCUT2D eigenvalue weighted by molar-refractivity contribution is 0.534. The maximum atomic E-state index is 2.29. The van der Waals surface area contributed by atoms with Crippen molar-refractivity contribution in [2.75, 3.05) is 0 Å². The molecular weight excluding hydrogens is 240 g/mol. The Bertz CT molecular complexity index is 103. The van der Waals surface area contributed by atoms with Crippen LogP contribution in [0.5, 0.6) is 0 Å². The molecule has 20 heavy (non-hydrogen) atoms. The first-order valence-electron chi connectivity index (χ1n) is 8.41. The van der Waals surface area contributed by atoms with Gasteiger partial charge in [-0.2, -0.15) is 0 Å². The van der Waals surface area contributed by atoms with Crippen LogP contribution >= 0.6 is 0 Å². The molecule has 0 spiro atoms. The fraction of sp³-hybridized carbons (Fsp3) is 1.00. The van der Waals surface area contributed by atoms with Crippen LogP contribution in [0.2, 0.25) is 0 Å². The van der Waals surface area contributed by atoms with Crippen molar-refractivity contribution in [3.63, 3.8) is 0 Å². The first kappa shape index (κ1) is 28.2. The highest BCUT2D eigenvalue weighted by molar-refractivity contribution is 4.48. The molecule has 0 unspecified atom stereocenters. The Balaban J connectivity index is -0.000000427. The van der Waals surface area contributed by atoms with Crippen molar-refractivity contribution in [1.82, 2.24) is 0 Å². The predicted octanol–water partition coefficient (Wildman–Crippen LogP) is 8.79. The summed E-state index contributed by atoms with van der Waals surface area (Å²) in [7, 11) is 0. The standard InChI is InChI=1S/C17H36.3CH4/c1-3-5-7-9-11-13-15-17-16-14-12-10-8-6-4-2;;;/h3-17H2,1-2H3;3*1H4. The van der Waals surface area contributed by atoms with Gasteiger partial charge in [0.25, 0.3) is 0 Å². The lowest BCUT2D eigenvalue weighted by Crippen LogP contribution is -1.82. The molecule has 0 aromatic carbocycles. The van der Waals surface area contributed by atoms with Gasteiger partial charge in [-0.3, -0.25) is 0 Å². The first-order chi connectivity index (χ1) is 8.41. The Labute approximate surface area is 133 Å². The van der Waals surface area contributed by atoms with E-state index in [9.17, 15) is 0 Å². The van der Waals surface area contributed by atoms with E-state index in [1.54, 1.807) is 0 Å². The number of rotatable bonds is 14. The summed E-state index contributed by atoms with van der Waals surface area (Å²) in [6.07, 6.45) is 21.9. The first-order valence-corrected chi connectivity index (χ1v) is 8.41. The Morgan fingerprint density at radius 3 is 0.600 bits per heavy atom. The molecule has 0 radical (unpaired) electrons. The van der Waals surface area contributed by atoms with E-state index < -0.39 is 0 Å². The summed E-state index contributed by atoms with van der Waals surface area (Å²) >= 11 is 0. The quantitative estimate of drug-likeness (QED) is 0.280. The lowest BCUT2D eigenvalue weighted by atomic mass is 10.0. The molecule has 0 aliphatic carbocycles. The second-order valence-electron chi connectivity index (χ2n) is 5.60. The van der Waals surface area contributed by atoms with Crippen molar-refractivity contribution in [3.8, 4) is 0 Å². The minimum atomic E-state index is 0. The highest BCUT2D eigenvalue weighted by Gasteiger charge is 1.93. The van der Waals surface area contributed by atoms with Gasteiger partial charge in [-0.15, -0.1) is 0 Å². The molecule has 0 heterocycles. The van der Waals surface area contributed by atoms with E-state index in [0.717, 1.165) is 0 Å². The van der Waals surface area contributed by atoms with E-state index in [1.165, 1.54) is 96.3 Å². The van der Waals surface area contributed by atoms with Crippen LogP contribution in [0.3, 0.4) is 0 Å². The molecule has 0 aromatic rings. The monoisotopic (exact) mass is 288 g/mol. The van der Waals surface area contributed by atoms with Crippen molar-refractivity contribution in [1.29, 1.82) is 0 Å². The SMILES string of the molecule is C.C.C.CCCCCCCCCCCCCCCCC. The Morgan fingerprint density at radius 2 is 0.450 bits per heavy atom. The minimum absolute atomic E-state index is 0. The molecule has 0 saturated carbocycles. The summed E-state index contributed by atoms with van der Waals surface area (Å²) in [5.74, 6) is 0. The van der Waals surface area contributed by atoms with E-state index in [2.05, 4.69) is 13.8 Å². The van der Waals surface area contributed by atoms with Gasteiger partial charge < -0.3 is 0 Å². The van der Waals surface area contributed by atoms with Gasteiger partial charge in [0.1, 0.15) is 0 Å². The van der Waals surface area contributed by atoms with Crippen LogP contribution in [0.25, 0.3) is 0 Å². The van der Waals surface area contributed by atoms with Crippen molar-refractivity contribution < 1.29 is 0 Å². The molecule has 0 amide bonds. The molecule has 0 aliphatic heterocycles. The van der Waals surface area contributed by atoms with Crippen LogP contribution in [0.4, 0.5) is 0 Å². The van der Waals surface area contributed by atoms with E-state index in [-0.39, 0.29) is 22.3 Å². The van der Waals surface area contributed by atoms with Crippen LogP contribution in [0, 0.1) is 0 Å². The number of hydrogen-bond donors (Lipinski definition) is 0. The highest BCUT2D eigenvalue weighted by Crippen LogP contribution is 2.13. The molecular formula is C20H48. The summed E-state index contributed by atoms with van der Waals surface area (Å²) in [6.45, 7) is 4.58. The molecule has 0 bridgehead atoms. The molecule has 0 N–H and O–H groups in total. The lowest BCUT2D eigenvalue weighted by Gasteiger charge is -2.02. The topological polar surface area (TPSA) is 0 Å². The van der Waals surface area contributed by atoms with Crippen molar-refractivity contribution in [3.05, 3.63) is 0 Å². The molecule has 0 aliphatic rings. The van der Waals surface area contributed by atoms with E-state index in [0.29, 0.717) is 0 Å². The van der Waals surface area contributed by atoms with Gasteiger partial charge in [-0.1, -0.05) is 132 Å². The number of hydrogen-bond acceptors (Lipinski definition) is 0. The van der Waals surface area contributed by atoms with Gasteiger partial charge in [-0.25, -0.2) is 0 Å². The smallest absolute Gasteiger partial charge is 0.0533 e. The van der Waals surface area contributed by atoms with Crippen LogP contribution in [0.15, 0.2) is 0 Å².